The minimum absolute atomic E-state index is 0.126. The Labute approximate surface area is 135 Å². The summed E-state index contributed by atoms with van der Waals surface area (Å²) in [5.74, 6) is -0.198. The van der Waals surface area contributed by atoms with Gasteiger partial charge in [-0.15, -0.1) is 0 Å². The normalized spacial score (nSPS) is 21.7. The smallest absolute Gasteiger partial charge is 0.123 e. The Balaban J connectivity index is 2.07. The predicted octanol–water partition coefficient (Wildman–Crippen LogP) is 2.83. The SMILES string of the molecule is CNC(Cc1cc(F)ccc1Br)C1CN(C(C)C)CCO1. The van der Waals surface area contributed by atoms with E-state index in [1.54, 1.807) is 12.1 Å². The van der Waals surface area contributed by atoms with Crippen LogP contribution >= 0.6 is 15.9 Å². The second-order valence-corrected chi connectivity index (χ2v) is 6.69. The third-order valence-corrected chi connectivity index (χ3v) is 4.90. The molecule has 1 heterocycles. The first-order valence-electron chi connectivity index (χ1n) is 7.48. The molecule has 1 aliphatic heterocycles. The topological polar surface area (TPSA) is 24.5 Å². The Hall–Kier alpha value is -0.490. The van der Waals surface area contributed by atoms with E-state index < -0.39 is 0 Å². The van der Waals surface area contributed by atoms with E-state index in [4.69, 9.17) is 4.74 Å². The maximum atomic E-state index is 13.4. The van der Waals surface area contributed by atoms with Crippen LogP contribution in [0.1, 0.15) is 19.4 Å². The standard InChI is InChI=1S/C16H24BrFN2O/c1-11(2)20-6-7-21-16(10-20)15(19-3)9-12-8-13(18)4-5-14(12)17/h4-5,8,11,15-16,19H,6-7,9-10H2,1-3H3. The molecule has 2 rings (SSSR count). The lowest BCUT2D eigenvalue weighted by Crippen LogP contribution is -2.53. The van der Waals surface area contributed by atoms with Crippen molar-refractivity contribution in [2.75, 3.05) is 26.7 Å². The van der Waals surface area contributed by atoms with Gasteiger partial charge in [-0.3, -0.25) is 4.90 Å². The molecule has 0 spiro atoms. The van der Waals surface area contributed by atoms with Gasteiger partial charge in [0.25, 0.3) is 0 Å². The Kier molecular flexibility index (Phi) is 6.17. The highest BCUT2D eigenvalue weighted by Gasteiger charge is 2.28. The Bertz CT molecular complexity index is 470. The quantitative estimate of drug-likeness (QED) is 0.875. The van der Waals surface area contributed by atoms with Gasteiger partial charge in [-0.25, -0.2) is 4.39 Å². The fourth-order valence-corrected chi connectivity index (χ4v) is 3.17. The van der Waals surface area contributed by atoms with Crippen LogP contribution in [0.3, 0.4) is 0 Å². The van der Waals surface area contributed by atoms with E-state index in [1.807, 2.05) is 7.05 Å². The van der Waals surface area contributed by atoms with Gasteiger partial charge in [0.2, 0.25) is 0 Å². The summed E-state index contributed by atoms with van der Waals surface area (Å²) >= 11 is 3.50. The zero-order valence-electron chi connectivity index (χ0n) is 12.9. The molecule has 1 aliphatic rings. The van der Waals surface area contributed by atoms with Gasteiger partial charge in [-0.2, -0.15) is 0 Å². The van der Waals surface area contributed by atoms with E-state index in [0.29, 0.717) is 6.04 Å². The van der Waals surface area contributed by atoms with E-state index in [0.717, 1.165) is 36.2 Å². The molecule has 1 N–H and O–H groups in total. The van der Waals surface area contributed by atoms with Crippen molar-refractivity contribution in [3.05, 3.63) is 34.1 Å². The number of hydrogen-bond donors (Lipinski definition) is 1. The molecule has 2 atom stereocenters. The zero-order chi connectivity index (χ0) is 15.4. The highest BCUT2D eigenvalue weighted by molar-refractivity contribution is 9.10. The van der Waals surface area contributed by atoms with Crippen molar-refractivity contribution in [2.24, 2.45) is 0 Å². The molecule has 0 aliphatic carbocycles. The number of nitrogens with zero attached hydrogens (tertiary/aromatic N) is 1. The van der Waals surface area contributed by atoms with Crippen LogP contribution in [-0.4, -0.2) is 49.8 Å². The molecular formula is C16H24BrFN2O. The summed E-state index contributed by atoms with van der Waals surface area (Å²) in [6.45, 7) is 7.07. The van der Waals surface area contributed by atoms with E-state index >= 15 is 0 Å². The zero-order valence-corrected chi connectivity index (χ0v) is 14.5. The molecule has 0 amide bonds. The van der Waals surface area contributed by atoms with E-state index in [2.05, 4.69) is 40.0 Å². The van der Waals surface area contributed by atoms with Gasteiger partial charge in [-0.1, -0.05) is 15.9 Å². The number of halogens is 2. The van der Waals surface area contributed by atoms with Crippen LogP contribution in [-0.2, 0) is 11.2 Å². The number of benzene rings is 1. The number of rotatable bonds is 5. The van der Waals surface area contributed by atoms with Crippen molar-refractivity contribution in [1.29, 1.82) is 0 Å². The summed E-state index contributed by atoms with van der Waals surface area (Å²) in [7, 11) is 1.94. The molecule has 0 saturated carbocycles. The molecular weight excluding hydrogens is 335 g/mol. The number of nitrogens with one attached hydrogen (secondary N) is 1. The summed E-state index contributed by atoms with van der Waals surface area (Å²) in [5.41, 5.74) is 0.972. The molecule has 1 aromatic carbocycles. The molecule has 21 heavy (non-hydrogen) atoms. The van der Waals surface area contributed by atoms with E-state index in [-0.39, 0.29) is 18.0 Å². The number of morpholine rings is 1. The molecule has 1 aromatic rings. The average Bonchev–Trinajstić information content (AvgIpc) is 2.48. The Morgan fingerprint density at radius 1 is 1.48 bits per heavy atom. The average molecular weight is 359 g/mol. The fourth-order valence-electron chi connectivity index (χ4n) is 2.76. The van der Waals surface area contributed by atoms with Crippen LogP contribution in [0.5, 0.6) is 0 Å². The largest absolute Gasteiger partial charge is 0.374 e. The lowest BCUT2D eigenvalue weighted by atomic mass is 9.99. The monoisotopic (exact) mass is 358 g/mol. The second-order valence-electron chi connectivity index (χ2n) is 5.83. The van der Waals surface area contributed by atoms with Gasteiger partial charge in [-0.05, 0) is 51.1 Å². The molecule has 1 fully saturated rings. The summed E-state index contributed by atoms with van der Waals surface area (Å²) in [6, 6.07) is 5.52. The molecule has 0 bridgehead atoms. The summed E-state index contributed by atoms with van der Waals surface area (Å²) in [4.78, 5) is 2.43. The van der Waals surface area contributed by atoms with Gasteiger partial charge >= 0.3 is 0 Å². The van der Waals surface area contributed by atoms with Gasteiger partial charge in [0.05, 0.1) is 12.7 Å². The highest BCUT2D eigenvalue weighted by Crippen LogP contribution is 2.22. The van der Waals surface area contributed by atoms with Crippen LogP contribution in [0, 0.1) is 5.82 Å². The van der Waals surface area contributed by atoms with Crippen molar-refractivity contribution < 1.29 is 9.13 Å². The van der Waals surface area contributed by atoms with E-state index in [9.17, 15) is 4.39 Å². The molecule has 5 heteroatoms. The Morgan fingerprint density at radius 3 is 2.90 bits per heavy atom. The van der Waals surface area contributed by atoms with Gasteiger partial charge in [0, 0.05) is 29.6 Å². The number of hydrogen-bond acceptors (Lipinski definition) is 3. The minimum atomic E-state index is -0.198. The Morgan fingerprint density at radius 2 is 2.24 bits per heavy atom. The maximum Gasteiger partial charge on any atom is 0.123 e. The van der Waals surface area contributed by atoms with E-state index in [1.165, 1.54) is 6.07 Å². The summed E-state index contributed by atoms with van der Waals surface area (Å²) in [5, 5.41) is 3.33. The molecule has 0 aromatic heterocycles. The second kappa shape index (κ2) is 7.68. The molecule has 118 valence electrons. The van der Waals surface area contributed by atoms with Crippen molar-refractivity contribution in [3.63, 3.8) is 0 Å². The predicted molar refractivity (Wildman–Crippen MR) is 87.1 cm³/mol. The van der Waals surface area contributed by atoms with Gasteiger partial charge in [0.15, 0.2) is 0 Å². The molecule has 1 saturated heterocycles. The molecule has 3 nitrogen and oxygen atoms in total. The fraction of sp³-hybridized carbons (Fsp3) is 0.625. The molecule has 2 unspecified atom stereocenters. The first-order chi connectivity index (χ1) is 10.0. The van der Waals surface area contributed by atoms with Crippen molar-refractivity contribution in [3.8, 4) is 0 Å². The summed E-state index contributed by atoms with van der Waals surface area (Å²) in [6.07, 6.45) is 0.868. The first kappa shape index (κ1) is 16.9. The van der Waals surface area contributed by atoms with Crippen LogP contribution in [0.15, 0.2) is 22.7 Å². The first-order valence-corrected chi connectivity index (χ1v) is 8.27. The van der Waals surface area contributed by atoms with Crippen LogP contribution in [0.4, 0.5) is 4.39 Å². The number of ether oxygens (including phenoxy) is 1. The van der Waals surface area contributed by atoms with Crippen LogP contribution in [0.2, 0.25) is 0 Å². The summed E-state index contributed by atoms with van der Waals surface area (Å²) < 4.78 is 20.3. The van der Waals surface area contributed by atoms with Crippen molar-refractivity contribution in [2.45, 2.75) is 38.5 Å². The molecule has 0 radical (unpaired) electrons. The van der Waals surface area contributed by atoms with Gasteiger partial charge < -0.3 is 10.1 Å². The maximum absolute atomic E-state index is 13.4. The number of likely N-dealkylation sites (N-methyl/N-ethyl adjacent to an activating group) is 1. The lowest BCUT2D eigenvalue weighted by Gasteiger charge is -2.39. The van der Waals surface area contributed by atoms with Gasteiger partial charge in [0.1, 0.15) is 5.82 Å². The van der Waals surface area contributed by atoms with Crippen LogP contribution in [0.25, 0.3) is 0 Å². The third kappa shape index (κ3) is 4.49. The van der Waals surface area contributed by atoms with Crippen LogP contribution < -0.4 is 5.32 Å². The minimum Gasteiger partial charge on any atom is -0.374 e. The lowest BCUT2D eigenvalue weighted by molar-refractivity contribution is -0.0542. The third-order valence-electron chi connectivity index (χ3n) is 4.12. The highest BCUT2D eigenvalue weighted by atomic mass is 79.9. The van der Waals surface area contributed by atoms with Crippen molar-refractivity contribution >= 4 is 15.9 Å². The van der Waals surface area contributed by atoms with Crippen molar-refractivity contribution in [1.82, 2.24) is 10.2 Å².